The molecule has 0 fully saturated rings. The molecule has 3 unspecified atom stereocenters. The molecule has 95 heavy (non-hydrogen) atoms. The SMILES string of the molecule is CC(C)CCCCCCCCCCCCCCCCC(=O)O[C@H](COC(=O)CCCCCCCCCCCCC(C)C)COP(=O)(O)OCC(O)COP(=O)(O)OC[C@@H](COC(=O)CCCCCCCCCCC(C)C)OC(=O)CCCCCCCCCCCCCC(C)C. The van der Waals surface area contributed by atoms with Crippen LogP contribution in [0.4, 0.5) is 0 Å². The van der Waals surface area contributed by atoms with Crippen LogP contribution in [-0.2, 0) is 65.4 Å². The largest absolute Gasteiger partial charge is 0.472 e. The zero-order chi connectivity index (χ0) is 70.3. The first-order chi connectivity index (χ1) is 45.6. The summed E-state index contributed by atoms with van der Waals surface area (Å²) in [4.78, 5) is 72.8. The van der Waals surface area contributed by atoms with Gasteiger partial charge in [-0.25, -0.2) is 9.13 Å². The Morgan fingerprint density at radius 2 is 0.442 bits per heavy atom. The molecule has 0 heterocycles. The fourth-order valence-corrected chi connectivity index (χ4v) is 13.1. The van der Waals surface area contributed by atoms with Gasteiger partial charge in [-0.2, -0.15) is 0 Å². The molecule has 0 aromatic heterocycles. The number of aliphatic hydroxyl groups is 1. The first-order valence-corrected chi connectivity index (χ1v) is 42.2. The Labute approximate surface area is 581 Å². The van der Waals surface area contributed by atoms with Gasteiger partial charge in [-0.3, -0.25) is 37.3 Å². The van der Waals surface area contributed by atoms with E-state index in [4.69, 9.17) is 37.0 Å². The standard InChI is InChI=1S/C76H148O17P2/c1-66(2)52-44-36-28-20-14-11-9-10-12-16-24-34-42-50-58-75(80)92-71(62-86-73(78)56-48-40-32-23-19-18-22-30-38-46-54-68(5)6)64-90-94(82,83)88-60-70(77)61-89-95(84,85)91-65-72(63-87-74(79)57-49-41-33-27-26-31-39-47-55-69(7)8)93-76(81)59-51-43-35-25-17-13-15-21-29-37-45-53-67(3)4/h66-72,77H,9-65H2,1-8H3,(H,82,83)(H,84,85)/t70?,71-,72-/m1/s1. The van der Waals surface area contributed by atoms with E-state index < -0.39 is 97.5 Å². The number of carbonyl (C=O) groups excluding carboxylic acids is 4. The third-order valence-electron chi connectivity index (χ3n) is 17.6. The van der Waals surface area contributed by atoms with Crippen molar-refractivity contribution in [1.82, 2.24) is 0 Å². The van der Waals surface area contributed by atoms with Crippen LogP contribution in [0.5, 0.6) is 0 Å². The lowest BCUT2D eigenvalue weighted by Gasteiger charge is -2.21. The number of rotatable bonds is 73. The second kappa shape index (κ2) is 65.4. The molecule has 0 amide bonds. The maximum Gasteiger partial charge on any atom is 0.472 e. The quantitative estimate of drug-likeness (QED) is 0.0222. The maximum atomic E-state index is 13.1. The lowest BCUT2D eigenvalue weighted by atomic mass is 10.0. The van der Waals surface area contributed by atoms with Crippen LogP contribution in [-0.4, -0.2) is 96.7 Å². The number of esters is 4. The highest BCUT2D eigenvalue weighted by Gasteiger charge is 2.30. The van der Waals surface area contributed by atoms with Crippen LogP contribution in [0, 0.1) is 23.7 Å². The number of carbonyl (C=O) groups is 4. The molecule has 0 aliphatic carbocycles. The molecule has 0 saturated carbocycles. The molecule has 0 radical (unpaired) electrons. The van der Waals surface area contributed by atoms with Gasteiger partial charge in [0.05, 0.1) is 26.4 Å². The Morgan fingerprint density at radius 3 is 0.653 bits per heavy atom. The van der Waals surface area contributed by atoms with E-state index in [1.165, 1.54) is 186 Å². The van der Waals surface area contributed by atoms with E-state index >= 15 is 0 Å². The lowest BCUT2D eigenvalue weighted by molar-refractivity contribution is -0.161. The Bertz CT molecular complexity index is 1870. The average molecular weight is 1400 g/mol. The number of phosphoric acid groups is 2. The summed E-state index contributed by atoms with van der Waals surface area (Å²) < 4.78 is 68.5. The highest BCUT2D eigenvalue weighted by Crippen LogP contribution is 2.45. The molecule has 17 nitrogen and oxygen atoms in total. The Morgan fingerprint density at radius 1 is 0.263 bits per heavy atom. The number of unbranched alkanes of at least 4 members (excludes halogenated alkanes) is 39. The van der Waals surface area contributed by atoms with Gasteiger partial charge in [0.1, 0.15) is 19.3 Å². The molecule has 0 aromatic rings. The third kappa shape index (κ3) is 70.3. The molecule has 0 bridgehead atoms. The van der Waals surface area contributed by atoms with Crippen molar-refractivity contribution in [2.24, 2.45) is 23.7 Å². The van der Waals surface area contributed by atoms with Gasteiger partial charge in [0.2, 0.25) is 0 Å². The van der Waals surface area contributed by atoms with Gasteiger partial charge in [-0.1, -0.05) is 331 Å². The second-order valence-electron chi connectivity index (χ2n) is 29.3. The van der Waals surface area contributed by atoms with Crippen LogP contribution in [0.2, 0.25) is 0 Å². The van der Waals surface area contributed by atoms with E-state index in [-0.39, 0.29) is 25.7 Å². The van der Waals surface area contributed by atoms with Crippen LogP contribution in [0.25, 0.3) is 0 Å². The monoisotopic (exact) mass is 1400 g/mol. The molecule has 0 aliphatic heterocycles. The Balaban J connectivity index is 5.26. The fraction of sp³-hybridized carbons (Fsp3) is 0.947. The first-order valence-electron chi connectivity index (χ1n) is 39.2. The molecule has 564 valence electrons. The summed E-state index contributed by atoms with van der Waals surface area (Å²) in [6.45, 7) is 14.2. The van der Waals surface area contributed by atoms with Crippen molar-refractivity contribution in [2.45, 2.75) is 401 Å². The van der Waals surface area contributed by atoms with E-state index in [1.807, 2.05) is 0 Å². The molecular weight excluding hydrogens is 1250 g/mol. The molecule has 0 saturated heterocycles. The molecule has 5 atom stereocenters. The number of ether oxygens (including phenoxy) is 4. The van der Waals surface area contributed by atoms with Crippen LogP contribution < -0.4 is 0 Å². The Kier molecular flexibility index (Phi) is 64.0. The predicted molar refractivity (Wildman–Crippen MR) is 386 cm³/mol. The number of hydrogen-bond donors (Lipinski definition) is 3. The average Bonchev–Trinajstić information content (AvgIpc) is 1.52. The molecule has 19 heteroatoms. The van der Waals surface area contributed by atoms with E-state index in [2.05, 4.69) is 55.4 Å². The van der Waals surface area contributed by atoms with Crippen LogP contribution in [0.1, 0.15) is 383 Å². The van der Waals surface area contributed by atoms with Gasteiger partial charge < -0.3 is 33.8 Å². The predicted octanol–water partition coefficient (Wildman–Crippen LogP) is 22.0. The van der Waals surface area contributed by atoms with Crippen molar-refractivity contribution >= 4 is 39.5 Å². The number of phosphoric ester groups is 2. The molecule has 0 aromatic carbocycles. The summed E-state index contributed by atoms with van der Waals surface area (Å²) in [6.07, 6.45) is 49.9. The van der Waals surface area contributed by atoms with Crippen molar-refractivity contribution in [3.05, 3.63) is 0 Å². The summed E-state index contributed by atoms with van der Waals surface area (Å²) in [7, 11) is -9.91. The molecule has 0 rings (SSSR count). The number of aliphatic hydroxyl groups excluding tert-OH is 1. The van der Waals surface area contributed by atoms with E-state index in [9.17, 15) is 43.2 Å². The smallest absolute Gasteiger partial charge is 0.462 e. The molecule has 3 N–H and O–H groups in total. The zero-order valence-electron chi connectivity index (χ0n) is 62.3. The summed E-state index contributed by atoms with van der Waals surface area (Å²) in [6, 6.07) is 0. The van der Waals surface area contributed by atoms with Gasteiger partial charge in [0.15, 0.2) is 12.2 Å². The van der Waals surface area contributed by atoms with Gasteiger partial charge in [-0.15, -0.1) is 0 Å². The van der Waals surface area contributed by atoms with Gasteiger partial charge in [-0.05, 0) is 49.4 Å². The summed E-state index contributed by atoms with van der Waals surface area (Å²) in [5, 5.41) is 10.6. The van der Waals surface area contributed by atoms with Gasteiger partial charge >= 0.3 is 39.5 Å². The van der Waals surface area contributed by atoms with Crippen molar-refractivity contribution < 1.29 is 80.2 Å². The fourth-order valence-electron chi connectivity index (χ4n) is 11.6. The Hall–Kier alpha value is -1.94. The van der Waals surface area contributed by atoms with Crippen molar-refractivity contribution in [3.8, 4) is 0 Å². The van der Waals surface area contributed by atoms with E-state index in [0.29, 0.717) is 25.7 Å². The summed E-state index contributed by atoms with van der Waals surface area (Å²) in [5.41, 5.74) is 0. The van der Waals surface area contributed by atoms with Gasteiger partial charge in [0, 0.05) is 25.7 Å². The van der Waals surface area contributed by atoms with Crippen molar-refractivity contribution in [1.29, 1.82) is 0 Å². The van der Waals surface area contributed by atoms with Crippen LogP contribution >= 0.6 is 15.6 Å². The zero-order valence-corrected chi connectivity index (χ0v) is 64.1. The maximum absolute atomic E-state index is 13.1. The topological polar surface area (TPSA) is 237 Å². The minimum atomic E-state index is -4.96. The van der Waals surface area contributed by atoms with Crippen LogP contribution in [0.3, 0.4) is 0 Å². The minimum absolute atomic E-state index is 0.105. The highest BCUT2D eigenvalue weighted by atomic mass is 31.2. The van der Waals surface area contributed by atoms with E-state index in [0.717, 1.165) is 114 Å². The van der Waals surface area contributed by atoms with Crippen molar-refractivity contribution in [3.63, 3.8) is 0 Å². The lowest BCUT2D eigenvalue weighted by Crippen LogP contribution is -2.30. The van der Waals surface area contributed by atoms with E-state index in [1.54, 1.807) is 0 Å². The molecule has 0 aliphatic rings. The number of hydrogen-bond acceptors (Lipinski definition) is 15. The van der Waals surface area contributed by atoms with Crippen molar-refractivity contribution in [2.75, 3.05) is 39.6 Å². The highest BCUT2D eigenvalue weighted by molar-refractivity contribution is 7.47. The van der Waals surface area contributed by atoms with Gasteiger partial charge in [0.25, 0.3) is 0 Å². The second-order valence-corrected chi connectivity index (χ2v) is 32.2. The summed E-state index contributed by atoms with van der Waals surface area (Å²) in [5.74, 6) is 0.925. The first kappa shape index (κ1) is 93.1. The third-order valence-corrected chi connectivity index (χ3v) is 19.5. The summed E-state index contributed by atoms with van der Waals surface area (Å²) >= 11 is 0. The van der Waals surface area contributed by atoms with Crippen LogP contribution in [0.15, 0.2) is 0 Å². The molecular formula is C76H148O17P2. The molecule has 0 spiro atoms. The normalized spacial score (nSPS) is 14.1. The minimum Gasteiger partial charge on any atom is -0.462 e.